The first-order valence-electron chi connectivity index (χ1n) is 6.86. The Hall–Kier alpha value is -2.49. The smallest absolute Gasteiger partial charge is 0.232 e. The van der Waals surface area contributed by atoms with Crippen molar-refractivity contribution in [2.45, 2.75) is 19.3 Å². The van der Waals surface area contributed by atoms with Crippen molar-refractivity contribution in [3.8, 4) is 11.5 Å². The molecule has 0 unspecified atom stereocenters. The predicted octanol–water partition coefficient (Wildman–Crippen LogP) is 2.99. The number of amides is 1. The lowest BCUT2D eigenvalue weighted by Crippen LogP contribution is -2.14. The molecule has 2 aromatic carbocycles. The molecule has 4 heteroatoms. The number of rotatable bonds is 3. The van der Waals surface area contributed by atoms with Gasteiger partial charge >= 0.3 is 0 Å². The van der Waals surface area contributed by atoms with Crippen molar-refractivity contribution in [2.75, 3.05) is 12.4 Å². The van der Waals surface area contributed by atoms with E-state index in [-0.39, 0.29) is 17.6 Å². The fraction of sp³-hybridized carbons (Fsp3) is 0.235. The largest absolute Gasteiger partial charge is 0.504 e. The number of fused-ring (bicyclic) bond motifs is 1. The highest BCUT2D eigenvalue weighted by Gasteiger charge is 2.30. The fourth-order valence-corrected chi connectivity index (χ4v) is 2.81. The molecule has 0 saturated carbocycles. The molecule has 0 aromatic heterocycles. The van der Waals surface area contributed by atoms with Crippen LogP contribution in [-0.4, -0.2) is 18.1 Å². The summed E-state index contributed by atoms with van der Waals surface area (Å²) in [6.07, 6.45) is 0.584. The van der Waals surface area contributed by atoms with Crippen LogP contribution in [0.4, 0.5) is 5.69 Å². The summed E-state index contributed by atoms with van der Waals surface area (Å²) in [6.45, 7) is 1.82. The molecule has 3 rings (SSSR count). The van der Waals surface area contributed by atoms with Crippen LogP contribution < -0.4 is 10.1 Å². The van der Waals surface area contributed by atoms with Gasteiger partial charge in [0, 0.05) is 5.69 Å². The maximum atomic E-state index is 12.2. The van der Waals surface area contributed by atoms with Gasteiger partial charge in [-0.05, 0) is 42.2 Å². The normalized spacial score (nSPS) is 16.5. The van der Waals surface area contributed by atoms with E-state index < -0.39 is 0 Å². The molecular formula is C17H17NO3. The number of anilines is 1. The summed E-state index contributed by atoms with van der Waals surface area (Å²) in [7, 11) is 1.52. The SMILES string of the molecule is COc1cc(C[C@@H]2C(=O)Nc3ccccc32)cc(C)c1O. The Balaban J connectivity index is 1.94. The number of carbonyl (C=O) groups is 1. The lowest BCUT2D eigenvalue weighted by molar-refractivity contribution is -0.117. The van der Waals surface area contributed by atoms with E-state index in [4.69, 9.17) is 4.74 Å². The van der Waals surface area contributed by atoms with E-state index in [1.54, 1.807) is 6.07 Å². The third-order valence-electron chi connectivity index (χ3n) is 3.90. The standard InChI is InChI=1S/C17H17NO3/c1-10-7-11(9-15(21-2)16(10)19)8-13-12-5-3-4-6-14(12)18-17(13)20/h3-7,9,13,19H,8H2,1-2H3,(H,18,20)/t13-/m0/s1. The van der Waals surface area contributed by atoms with Crippen molar-refractivity contribution in [2.24, 2.45) is 0 Å². The summed E-state index contributed by atoms with van der Waals surface area (Å²) in [6, 6.07) is 11.4. The second-order valence-electron chi connectivity index (χ2n) is 5.30. The number of hydrogen-bond donors (Lipinski definition) is 2. The summed E-state index contributed by atoms with van der Waals surface area (Å²) in [4.78, 5) is 12.2. The number of carbonyl (C=O) groups excluding carboxylic acids is 1. The Morgan fingerprint density at radius 1 is 1.29 bits per heavy atom. The van der Waals surface area contributed by atoms with Gasteiger partial charge < -0.3 is 15.2 Å². The van der Waals surface area contributed by atoms with Crippen LogP contribution in [0.5, 0.6) is 11.5 Å². The number of benzene rings is 2. The number of nitrogens with one attached hydrogen (secondary N) is 1. The fourth-order valence-electron chi connectivity index (χ4n) is 2.81. The van der Waals surface area contributed by atoms with Crippen LogP contribution in [0, 0.1) is 6.92 Å². The van der Waals surface area contributed by atoms with Crippen molar-refractivity contribution in [1.29, 1.82) is 0 Å². The van der Waals surface area contributed by atoms with Crippen molar-refractivity contribution >= 4 is 11.6 Å². The number of phenolic OH excluding ortho intramolecular Hbond substituents is 1. The highest BCUT2D eigenvalue weighted by molar-refractivity contribution is 6.03. The molecule has 0 bridgehead atoms. The van der Waals surface area contributed by atoms with Gasteiger partial charge in [0.25, 0.3) is 0 Å². The Labute approximate surface area is 123 Å². The highest BCUT2D eigenvalue weighted by atomic mass is 16.5. The molecule has 2 aromatic rings. The van der Waals surface area contributed by atoms with E-state index in [0.717, 1.165) is 22.4 Å². The molecule has 1 amide bonds. The number of para-hydroxylation sites is 1. The first kappa shape index (κ1) is 13.5. The van der Waals surface area contributed by atoms with Crippen LogP contribution in [0.2, 0.25) is 0 Å². The number of methoxy groups -OCH3 is 1. The maximum Gasteiger partial charge on any atom is 0.232 e. The Morgan fingerprint density at radius 3 is 2.81 bits per heavy atom. The zero-order chi connectivity index (χ0) is 15.0. The molecule has 1 heterocycles. The zero-order valence-corrected chi connectivity index (χ0v) is 12.0. The Bertz CT molecular complexity index is 709. The molecule has 0 aliphatic carbocycles. The lowest BCUT2D eigenvalue weighted by Gasteiger charge is -2.13. The minimum atomic E-state index is -0.199. The number of aryl methyl sites for hydroxylation is 1. The van der Waals surface area contributed by atoms with Crippen LogP contribution >= 0.6 is 0 Å². The lowest BCUT2D eigenvalue weighted by atomic mass is 9.92. The maximum absolute atomic E-state index is 12.2. The van der Waals surface area contributed by atoms with Crippen molar-refractivity contribution in [3.63, 3.8) is 0 Å². The number of ether oxygens (including phenoxy) is 1. The van der Waals surface area contributed by atoms with Crippen LogP contribution in [0.3, 0.4) is 0 Å². The van der Waals surface area contributed by atoms with Crippen LogP contribution in [0.15, 0.2) is 36.4 Å². The molecule has 21 heavy (non-hydrogen) atoms. The molecule has 1 aliphatic heterocycles. The van der Waals surface area contributed by atoms with E-state index in [2.05, 4.69) is 5.32 Å². The molecule has 4 nitrogen and oxygen atoms in total. The van der Waals surface area contributed by atoms with Crippen molar-refractivity contribution in [3.05, 3.63) is 53.1 Å². The zero-order valence-electron chi connectivity index (χ0n) is 12.0. The quantitative estimate of drug-likeness (QED) is 0.910. The van der Waals surface area contributed by atoms with Crippen LogP contribution in [0.1, 0.15) is 22.6 Å². The minimum absolute atomic E-state index is 0.0147. The van der Waals surface area contributed by atoms with Gasteiger partial charge in [-0.3, -0.25) is 4.79 Å². The monoisotopic (exact) mass is 283 g/mol. The van der Waals surface area contributed by atoms with E-state index in [1.807, 2.05) is 37.3 Å². The second kappa shape index (κ2) is 5.13. The molecule has 1 atom stereocenters. The average molecular weight is 283 g/mol. The average Bonchev–Trinajstić information content (AvgIpc) is 2.79. The number of aromatic hydroxyl groups is 1. The first-order chi connectivity index (χ1) is 10.1. The summed E-state index contributed by atoms with van der Waals surface area (Å²) in [5, 5.41) is 12.8. The van der Waals surface area contributed by atoms with E-state index in [9.17, 15) is 9.90 Å². The summed E-state index contributed by atoms with van der Waals surface area (Å²) in [5.41, 5.74) is 3.62. The molecule has 0 saturated heterocycles. The first-order valence-corrected chi connectivity index (χ1v) is 6.86. The molecule has 0 radical (unpaired) electrons. The van der Waals surface area contributed by atoms with E-state index in [1.165, 1.54) is 7.11 Å². The van der Waals surface area contributed by atoms with Crippen molar-refractivity contribution < 1.29 is 14.6 Å². The molecular weight excluding hydrogens is 266 g/mol. The summed E-state index contributed by atoms with van der Waals surface area (Å²) in [5.74, 6) is 0.407. The number of phenols is 1. The van der Waals surface area contributed by atoms with Crippen LogP contribution in [0.25, 0.3) is 0 Å². The van der Waals surface area contributed by atoms with Gasteiger partial charge in [-0.15, -0.1) is 0 Å². The van der Waals surface area contributed by atoms with Gasteiger partial charge in [-0.1, -0.05) is 24.3 Å². The van der Waals surface area contributed by atoms with Gasteiger partial charge in [0.1, 0.15) is 0 Å². The minimum Gasteiger partial charge on any atom is -0.504 e. The second-order valence-corrected chi connectivity index (χ2v) is 5.30. The Kier molecular flexibility index (Phi) is 3.29. The molecule has 2 N–H and O–H groups in total. The van der Waals surface area contributed by atoms with Gasteiger partial charge in [0.2, 0.25) is 5.91 Å². The molecule has 1 aliphatic rings. The third kappa shape index (κ3) is 2.33. The van der Waals surface area contributed by atoms with Crippen LogP contribution in [-0.2, 0) is 11.2 Å². The van der Waals surface area contributed by atoms with Gasteiger partial charge in [0.05, 0.1) is 13.0 Å². The molecule has 108 valence electrons. The van der Waals surface area contributed by atoms with E-state index >= 15 is 0 Å². The van der Waals surface area contributed by atoms with Gasteiger partial charge in [0.15, 0.2) is 11.5 Å². The predicted molar refractivity (Wildman–Crippen MR) is 80.9 cm³/mol. The summed E-state index contributed by atoms with van der Waals surface area (Å²) < 4.78 is 5.18. The van der Waals surface area contributed by atoms with Gasteiger partial charge in [-0.2, -0.15) is 0 Å². The number of hydrogen-bond acceptors (Lipinski definition) is 3. The van der Waals surface area contributed by atoms with Gasteiger partial charge in [-0.25, -0.2) is 0 Å². The molecule has 0 spiro atoms. The third-order valence-corrected chi connectivity index (χ3v) is 3.90. The topological polar surface area (TPSA) is 58.6 Å². The summed E-state index contributed by atoms with van der Waals surface area (Å²) >= 11 is 0. The van der Waals surface area contributed by atoms with E-state index in [0.29, 0.717) is 12.2 Å². The Morgan fingerprint density at radius 2 is 2.05 bits per heavy atom. The highest BCUT2D eigenvalue weighted by Crippen LogP contribution is 2.37. The molecule has 0 fully saturated rings. The van der Waals surface area contributed by atoms with Crippen molar-refractivity contribution in [1.82, 2.24) is 0 Å².